The van der Waals surface area contributed by atoms with Crippen molar-refractivity contribution in [2.45, 2.75) is 6.92 Å². The number of nitrogens with zero attached hydrogens (tertiary/aromatic N) is 3. The van der Waals surface area contributed by atoms with Gasteiger partial charge in [-0.15, -0.1) is 0 Å². The van der Waals surface area contributed by atoms with Crippen molar-refractivity contribution in [3.63, 3.8) is 0 Å². The fourth-order valence-electron chi connectivity index (χ4n) is 2.50. The highest BCUT2D eigenvalue weighted by molar-refractivity contribution is 6.31. The van der Waals surface area contributed by atoms with Crippen LogP contribution in [0, 0.1) is 17.0 Å². The number of halogens is 1. The average molecular weight is 386 g/mol. The van der Waals surface area contributed by atoms with E-state index >= 15 is 0 Å². The van der Waals surface area contributed by atoms with Crippen molar-refractivity contribution in [1.29, 1.82) is 0 Å². The molecular formula is C18H16ClN5O3. The van der Waals surface area contributed by atoms with Gasteiger partial charge in [-0.25, -0.2) is 9.97 Å². The Balaban J connectivity index is 2.02. The molecule has 0 fully saturated rings. The molecule has 2 aromatic carbocycles. The van der Waals surface area contributed by atoms with E-state index in [1.807, 2.05) is 25.1 Å². The Kier molecular flexibility index (Phi) is 5.37. The second-order valence-electron chi connectivity index (χ2n) is 5.64. The van der Waals surface area contributed by atoms with Crippen LogP contribution in [0.2, 0.25) is 5.02 Å². The summed E-state index contributed by atoms with van der Waals surface area (Å²) in [4.78, 5) is 19.2. The third kappa shape index (κ3) is 4.24. The van der Waals surface area contributed by atoms with Crippen LogP contribution in [0.25, 0.3) is 0 Å². The van der Waals surface area contributed by atoms with E-state index in [9.17, 15) is 10.1 Å². The van der Waals surface area contributed by atoms with Crippen molar-refractivity contribution in [2.24, 2.45) is 0 Å². The van der Waals surface area contributed by atoms with Gasteiger partial charge in [0.25, 0.3) is 0 Å². The van der Waals surface area contributed by atoms with Gasteiger partial charge < -0.3 is 15.4 Å². The molecule has 0 atom stereocenters. The number of aromatic nitrogens is 2. The molecule has 1 aromatic heterocycles. The zero-order chi connectivity index (χ0) is 19.4. The van der Waals surface area contributed by atoms with Crippen LogP contribution in [0.5, 0.6) is 5.75 Å². The summed E-state index contributed by atoms with van der Waals surface area (Å²) in [6, 6.07) is 12.3. The number of hydrogen-bond donors (Lipinski definition) is 2. The second-order valence-corrected chi connectivity index (χ2v) is 6.08. The van der Waals surface area contributed by atoms with Crippen LogP contribution in [-0.4, -0.2) is 22.0 Å². The van der Waals surface area contributed by atoms with Crippen molar-refractivity contribution in [1.82, 2.24) is 9.97 Å². The molecule has 0 spiro atoms. The first-order valence-electron chi connectivity index (χ1n) is 7.91. The molecular weight excluding hydrogens is 370 g/mol. The van der Waals surface area contributed by atoms with E-state index in [-0.39, 0.29) is 17.3 Å². The summed E-state index contributed by atoms with van der Waals surface area (Å²) in [6.45, 7) is 1.93. The number of nitro groups is 1. The van der Waals surface area contributed by atoms with E-state index < -0.39 is 4.92 Å². The summed E-state index contributed by atoms with van der Waals surface area (Å²) in [6.07, 6.45) is 1.24. The van der Waals surface area contributed by atoms with Gasteiger partial charge in [-0.3, -0.25) is 10.1 Å². The number of hydrogen-bond acceptors (Lipinski definition) is 7. The van der Waals surface area contributed by atoms with Crippen molar-refractivity contribution in [2.75, 3.05) is 17.7 Å². The van der Waals surface area contributed by atoms with Gasteiger partial charge in [-0.05, 0) is 42.8 Å². The standard InChI is InChI=1S/C18H16ClN5O3/c1-11-4-3-5-13(8-11)22-17-16(24(25)26)18(21-10-20-17)23-14-9-12(19)6-7-15(14)27-2/h3-10H,1-2H3,(H2,20,21,22,23). The molecule has 8 nitrogen and oxygen atoms in total. The van der Waals surface area contributed by atoms with Crippen LogP contribution in [0.4, 0.5) is 28.7 Å². The van der Waals surface area contributed by atoms with Crippen LogP contribution in [-0.2, 0) is 0 Å². The average Bonchev–Trinajstić information content (AvgIpc) is 2.62. The zero-order valence-corrected chi connectivity index (χ0v) is 15.3. The van der Waals surface area contributed by atoms with Gasteiger partial charge in [0.05, 0.1) is 17.7 Å². The number of anilines is 4. The lowest BCUT2D eigenvalue weighted by molar-refractivity contribution is -0.383. The first-order chi connectivity index (χ1) is 13.0. The molecule has 138 valence electrons. The summed E-state index contributed by atoms with van der Waals surface area (Å²) < 4.78 is 5.26. The summed E-state index contributed by atoms with van der Waals surface area (Å²) in [5.41, 5.74) is 1.86. The third-order valence-electron chi connectivity index (χ3n) is 3.70. The van der Waals surface area contributed by atoms with E-state index in [0.29, 0.717) is 22.1 Å². The van der Waals surface area contributed by atoms with Crippen molar-refractivity contribution < 1.29 is 9.66 Å². The van der Waals surface area contributed by atoms with Crippen molar-refractivity contribution in [3.8, 4) is 5.75 Å². The Labute approximate surface area is 160 Å². The molecule has 0 radical (unpaired) electrons. The molecule has 0 saturated carbocycles. The van der Waals surface area contributed by atoms with E-state index in [1.165, 1.54) is 13.4 Å². The molecule has 3 rings (SSSR count). The minimum atomic E-state index is -0.544. The van der Waals surface area contributed by atoms with Crippen LogP contribution >= 0.6 is 11.6 Å². The number of benzene rings is 2. The lowest BCUT2D eigenvalue weighted by Crippen LogP contribution is -2.06. The molecule has 0 saturated heterocycles. The Bertz CT molecular complexity index is 996. The number of nitrogens with one attached hydrogen (secondary N) is 2. The van der Waals surface area contributed by atoms with E-state index in [1.54, 1.807) is 24.3 Å². The zero-order valence-electron chi connectivity index (χ0n) is 14.6. The summed E-state index contributed by atoms with van der Waals surface area (Å²) in [7, 11) is 1.49. The molecule has 0 aliphatic heterocycles. The summed E-state index contributed by atoms with van der Waals surface area (Å²) >= 11 is 6.02. The fraction of sp³-hybridized carbons (Fsp3) is 0.111. The maximum absolute atomic E-state index is 11.7. The highest BCUT2D eigenvalue weighted by atomic mass is 35.5. The Morgan fingerprint density at radius 3 is 2.52 bits per heavy atom. The normalized spacial score (nSPS) is 10.3. The predicted octanol–water partition coefficient (Wildman–Crippen LogP) is 4.84. The smallest absolute Gasteiger partial charge is 0.353 e. The monoisotopic (exact) mass is 385 g/mol. The predicted molar refractivity (Wildman–Crippen MR) is 104 cm³/mol. The van der Waals surface area contributed by atoms with E-state index in [0.717, 1.165) is 5.56 Å². The summed E-state index contributed by atoms with van der Waals surface area (Å²) in [5, 5.41) is 18.0. The minimum absolute atomic E-state index is 0.0192. The van der Waals surface area contributed by atoms with Gasteiger partial charge in [0, 0.05) is 10.7 Å². The molecule has 0 amide bonds. The topological polar surface area (TPSA) is 102 Å². The number of aryl methyl sites for hydroxylation is 1. The third-order valence-corrected chi connectivity index (χ3v) is 3.94. The molecule has 0 bridgehead atoms. The first kappa shape index (κ1) is 18.4. The first-order valence-corrected chi connectivity index (χ1v) is 8.29. The van der Waals surface area contributed by atoms with Gasteiger partial charge in [-0.1, -0.05) is 23.7 Å². The lowest BCUT2D eigenvalue weighted by Gasteiger charge is -2.13. The Hall–Kier alpha value is -3.39. The van der Waals surface area contributed by atoms with Gasteiger partial charge >= 0.3 is 5.69 Å². The quantitative estimate of drug-likeness (QED) is 0.462. The highest BCUT2D eigenvalue weighted by Gasteiger charge is 2.24. The van der Waals surface area contributed by atoms with Crippen LogP contribution in [0.3, 0.4) is 0 Å². The number of methoxy groups -OCH3 is 1. The molecule has 0 aliphatic rings. The van der Waals surface area contributed by atoms with Crippen LogP contribution in [0.15, 0.2) is 48.8 Å². The molecule has 0 aliphatic carbocycles. The Morgan fingerprint density at radius 2 is 1.85 bits per heavy atom. The molecule has 1 heterocycles. The summed E-state index contributed by atoms with van der Waals surface area (Å²) in [5.74, 6) is 0.565. The minimum Gasteiger partial charge on any atom is -0.495 e. The maximum atomic E-state index is 11.7. The van der Waals surface area contributed by atoms with Gasteiger partial charge in [0.1, 0.15) is 12.1 Å². The lowest BCUT2D eigenvalue weighted by atomic mass is 10.2. The number of ether oxygens (including phenoxy) is 1. The van der Waals surface area contributed by atoms with E-state index in [4.69, 9.17) is 16.3 Å². The fourth-order valence-corrected chi connectivity index (χ4v) is 2.67. The SMILES string of the molecule is COc1ccc(Cl)cc1Nc1ncnc(Nc2cccc(C)c2)c1[N+](=O)[O-]. The second kappa shape index (κ2) is 7.88. The van der Waals surface area contributed by atoms with Crippen molar-refractivity contribution >= 4 is 40.3 Å². The molecule has 0 unspecified atom stereocenters. The van der Waals surface area contributed by atoms with Gasteiger partial charge in [0.2, 0.25) is 11.6 Å². The molecule has 2 N–H and O–H groups in total. The van der Waals surface area contributed by atoms with Gasteiger partial charge in [0.15, 0.2) is 0 Å². The number of rotatable bonds is 6. The van der Waals surface area contributed by atoms with E-state index in [2.05, 4.69) is 20.6 Å². The molecule has 27 heavy (non-hydrogen) atoms. The largest absolute Gasteiger partial charge is 0.495 e. The van der Waals surface area contributed by atoms with Crippen molar-refractivity contribution in [3.05, 3.63) is 69.5 Å². The highest BCUT2D eigenvalue weighted by Crippen LogP contribution is 2.36. The van der Waals surface area contributed by atoms with Gasteiger partial charge in [-0.2, -0.15) is 0 Å². The van der Waals surface area contributed by atoms with Crippen LogP contribution < -0.4 is 15.4 Å². The molecule has 9 heteroatoms. The maximum Gasteiger partial charge on any atom is 0.353 e. The Morgan fingerprint density at radius 1 is 1.11 bits per heavy atom. The molecule has 3 aromatic rings. The van der Waals surface area contributed by atoms with Crippen LogP contribution in [0.1, 0.15) is 5.56 Å².